The van der Waals surface area contributed by atoms with Gasteiger partial charge in [0.15, 0.2) is 0 Å². The van der Waals surface area contributed by atoms with Crippen LogP contribution in [0, 0.1) is 0 Å². The van der Waals surface area contributed by atoms with Gasteiger partial charge in [-0.05, 0) is 43.0 Å². The molecule has 3 rings (SSSR count). The Balaban J connectivity index is 1.78. The number of hydrogen-bond donors (Lipinski definition) is 2. The van der Waals surface area contributed by atoms with Gasteiger partial charge in [-0.2, -0.15) is 0 Å². The number of hydrogen-bond acceptors (Lipinski definition) is 4. The number of halogens is 1. The molecule has 0 spiro atoms. The molecule has 28 heavy (non-hydrogen) atoms. The maximum absolute atomic E-state index is 12.7. The van der Waals surface area contributed by atoms with E-state index in [1.54, 1.807) is 6.07 Å². The third-order valence-corrected chi connectivity index (χ3v) is 6.88. The highest BCUT2D eigenvalue weighted by atomic mass is 35.5. The molecule has 1 heterocycles. The Morgan fingerprint density at radius 1 is 1.18 bits per heavy atom. The number of amides is 1. The molecule has 8 heteroatoms. The summed E-state index contributed by atoms with van der Waals surface area (Å²) in [4.78, 5) is 12.7. The fraction of sp³-hybridized carbons (Fsp3) is 0.350. The summed E-state index contributed by atoms with van der Waals surface area (Å²) < 4.78 is 26.0. The molecule has 1 aliphatic rings. The fourth-order valence-corrected chi connectivity index (χ4v) is 5.15. The van der Waals surface area contributed by atoms with E-state index in [1.807, 2.05) is 30.3 Å². The van der Waals surface area contributed by atoms with Crippen molar-refractivity contribution in [1.29, 1.82) is 0 Å². The summed E-state index contributed by atoms with van der Waals surface area (Å²) in [5.74, 6) is -0.314. The molecular formula is C20H23ClN2O4S. The molecule has 1 aliphatic heterocycles. The average molecular weight is 423 g/mol. The van der Waals surface area contributed by atoms with Crippen LogP contribution in [0.2, 0.25) is 5.02 Å². The third-order valence-electron chi connectivity index (χ3n) is 4.71. The third kappa shape index (κ3) is 4.84. The summed E-state index contributed by atoms with van der Waals surface area (Å²) in [6, 6.07) is 13.7. The lowest BCUT2D eigenvalue weighted by molar-refractivity contribution is 0.0916. The summed E-state index contributed by atoms with van der Waals surface area (Å²) in [6.45, 7) is 0.141. The molecule has 0 unspecified atom stereocenters. The van der Waals surface area contributed by atoms with Crippen LogP contribution in [-0.4, -0.2) is 44.4 Å². The van der Waals surface area contributed by atoms with E-state index in [-0.39, 0.29) is 23.3 Å². The smallest absolute Gasteiger partial charge is 0.251 e. The second kappa shape index (κ2) is 8.94. The molecule has 2 N–H and O–H groups in total. The first-order valence-corrected chi connectivity index (χ1v) is 11.1. The lowest BCUT2D eigenvalue weighted by Gasteiger charge is -2.29. The van der Waals surface area contributed by atoms with Crippen LogP contribution >= 0.6 is 11.6 Å². The van der Waals surface area contributed by atoms with E-state index >= 15 is 0 Å². The van der Waals surface area contributed by atoms with Gasteiger partial charge < -0.3 is 10.4 Å². The van der Waals surface area contributed by atoms with Crippen LogP contribution in [-0.2, 0) is 16.4 Å². The minimum atomic E-state index is -3.43. The highest BCUT2D eigenvalue weighted by Crippen LogP contribution is 2.31. The first kappa shape index (κ1) is 20.6. The van der Waals surface area contributed by atoms with Gasteiger partial charge in [0.1, 0.15) is 0 Å². The van der Waals surface area contributed by atoms with Gasteiger partial charge in [-0.3, -0.25) is 9.10 Å². The maximum Gasteiger partial charge on any atom is 0.251 e. The lowest BCUT2D eigenvalue weighted by Crippen LogP contribution is -2.40. The molecule has 0 bridgehead atoms. The number of aliphatic hydroxyl groups is 1. The quantitative estimate of drug-likeness (QED) is 0.749. The molecule has 0 radical (unpaired) electrons. The summed E-state index contributed by atoms with van der Waals surface area (Å²) in [5.41, 5.74) is 1.61. The molecule has 0 aliphatic carbocycles. The molecule has 1 amide bonds. The van der Waals surface area contributed by atoms with Gasteiger partial charge in [-0.25, -0.2) is 8.42 Å². The summed E-state index contributed by atoms with van der Waals surface area (Å²) in [6.07, 6.45) is 1.86. The Kier molecular flexibility index (Phi) is 6.59. The van der Waals surface area contributed by atoms with Crippen LogP contribution in [0.3, 0.4) is 0 Å². The molecule has 1 atom stereocenters. The number of benzene rings is 2. The number of anilines is 1. The zero-order chi connectivity index (χ0) is 20.1. The van der Waals surface area contributed by atoms with Crippen molar-refractivity contribution in [2.75, 3.05) is 23.2 Å². The van der Waals surface area contributed by atoms with Gasteiger partial charge in [-0.1, -0.05) is 41.9 Å². The van der Waals surface area contributed by atoms with E-state index in [9.17, 15) is 18.3 Å². The van der Waals surface area contributed by atoms with Gasteiger partial charge >= 0.3 is 0 Å². The van der Waals surface area contributed by atoms with E-state index in [0.29, 0.717) is 30.6 Å². The Hall–Kier alpha value is -2.09. The van der Waals surface area contributed by atoms with Crippen molar-refractivity contribution in [3.63, 3.8) is 0 Å². The molecule has 150 valence electrons. The topological polar surface area (TPSA) is 86.7 Å². The molecule has 6 nitrogen and oxygen atoms in total. The number of sulfonamides is 1. The zero-order valence-corrected chi connectivity index (χ0v) is 16.9. The molecule has 2 aromatic rings. The second-order valence-electron chi connectivity index (χ2n) is 6.80. The Bertz CT molecular complexity index is 934. The van der Waals surface area contributed by atoms with Gasteiger partial charge in [0, 0.05) is 12.1 Å². The normalized spacial score (nSPS) is 17.1. The fourth-order valence-electron chi connectivity index (χ4n) is 3.23. The van der Waals surface area contributed by atoms with E-state index in [4.69, 9.17) is 11.6 Å². The van der Waals surface area contributed by atoms with Crippen molar-refractivity contribution in [2.45, 2.75) is 25.3 Å². The average Bonchev–Trinajstić information content (AvgIpc) is 2.68. The Morgan fingerprint density at radius 2 is 1.93 bits per heavy atom. The van der Waals surface area contributed by atoms with Gasteiger partial charge in [0.2, 0.25) is 10.0 Å². The molecule has 0 aromatic heterocycles. The Morgan fingerprint density at radius 3 is 2.61 bits per heavy atom. The summed E-state index contributed by atoms with van der Waals surface area (Å²) in [7, 11) is -3.43. The Labute approximate surface area is 170 Å². The molecule has 0 saturated carbocycles. The van der Waals surface area contributed by atoms with Crippen LogP contribution in [0.15, 0.2) is 48.5 Å². The SMILES string of the molecule is O=C(N[C@@H](CO)Cc1ccccc1)c1ccc(Cl)c(N2CCCCS2(=O)=O)c1. The zero-order valence-electron chi connectivity index (χ0n) is 15.3. The van der Waals surface area contributed by atoms with Crippen molar-refractivity contribution < 1.29 is 18.3 Å². The monoisotopic (exact) mass is 422 g/mol. The number of rotatable bonds is 6. The lowest BCUT2D eigenvalue weighted by atomic mass is 10.1. The standard InChI is InChI=1S/C20H23ClN2O4S/c21-18-9-8-16(13-19(18)23-10-4-5-11-28(23,26)27)20(25)22-17(14-24)12-15-6-2-1-3-7-15/h1-3,6-9,13,17,24H,4-5,10-12,14H2,(H,22,25)/t17-/m1/s1. The van der Waals surface area contributed by atoms with Gasteiger partial charge in [-0.15, -0.1) is 0 Å². The maximum atomic E-state index is 12.7. The summed E-state index contributed by atoms with van der Waals surface area (Å²) >= 11 is 6.22. The largest absolute Gasteiger partial charge is 0.394 e. The first-order valence-electron chi connectivity index (χ1n) is 9.16. The highest BCUT2D eigenvalue weighted by Gasteiger charge is 2.28. The molecular weight excluding hydrogens is 400 g/mol. The molecule has 1 fully saturated rings. The van der Waals surface area contributed by atoms with E-state index in [2.05, 4.69) is 5.32 Å². The number of nitrogens with one attached hydrogen (secondary N) is 1. The predicted molar refractivity (Wildman–Crippen MR) is 110 cm³/mol. The van der Waals surface area contributed by atoms with Crippen LogP contribution in [0.5, 0.6) is 0 Å². The number of aliphatic hydroxyl groups excluding tert-OH is 1. The molecule has 1 saturated heterocycles. The van der Waals surface area contributed by atoms with Crippen molar-refractivity contribution in [3.8, 4) is 0 Å². The van der Waals surface area contributed by atoms with E-state index in [1.165, 1.54) is 16.4 Å². The van der Waals surface area contributed by atoms with Crippen molar-refractivity contribution in [2.24, 2.45) is 0 Å². The minimum Gasteiger partial charge on any atom is -0.394 e. The van der Waals surface area contributed by atoms with Crippen molar-refractivity contribution in [1.82, 2.24) is 5.32 Å². The van der Waals surface area contributed by atoms with Gasteiger partial charge in [0.25, 0.3) is 5.91 Å². The van der Waals surface area contributed by atoms with Crippen LogP contribution in [0.25, 0.3) is 0 Å². The van der Waals surface area contributed by atoms with Crippen LogP contribution in [0.1, 0.15) is 28.8 Å². The number of carbonyl (C=O) groups is 1. The first-order chi connectivity index (χ1) is 13.4. The van der Waals surface area contributed by atoms with Crippen molar-refractivity contribution >= 4 is 33.2 Å². The van der Waals surface area contributed by atoms with E-state index < -0.39 is 16.1 Å². The predicted octanol–water partition coefficient (Wildman–Crippen LogP) is 2.60. The highest BCUT2D eigenvalue weighted by molar-refractivity contribution is 7.92. The summed E-state index contributed by atoms with van der Waals surface area (Å²) in [5, 5.41) is 12.7. The van der Waals surface area contributed by atoms with Crippen LogP contribution < -0.4 is 9.62 Å². The number of carbonyl (C=O) groups excluding carboxylic acids is 1. The second-order valence-corrected chi connectivity index (χ2v) is 9.22. The van der Waals surface area contributed by atoms with Gasteiger partial charge in [0.05, 0.1) is 29.1 Å². The van der Waals surface area contributed by atoms with E-state index in [0.717, 1.165) is 12.0 Å². The minimum absolute atomic E-state index is 0.0728. The van der Waals surface area contributed by atoms with Crippen LogP contribution in [0.4, 0.5) is 5.69 Å². The molecule has 2 aromatic carbocycles. The van der Waals surface area contributed by atoms with Crippen molar-refractivity contribution in [3.05, 3.63) is 64.7 Å². The number of nitrogens with zero attached hydrogens (tertiary/aromatic N) is 1.